The topological polar surface area (TPSA) is 22.1 Å². The highest BCUT2D eigenvalue weighted by molar-refractivity contribution is 14.1. The molecule has 4 rings (SSSR count). The van der Waals surface area contributed by atoms with Gasteiger partial charge in [-0.2, -0.15) is 13.2 Å². The van der Waals surface area contributed by atoms with Crippen LogP contribution in [0.25, 0.3) is 11.3 Å². The van der Waals surface area contributed by atoms with Gasteiger partial charge in [0, 0.05) is 9.13 Å². The summed E-state index contributed by atoms with van der Waals surface area (Å²) in [4.78, 5) is 4.73. The molecule has 0 radical (unpaired) electrons. The number of alkyl halides is 3. The molecule has 1 aromatic heterocycles. The molecule has 6 heteroatoms. The molecule has 1 heterocycles. The van der Waals surface area contributed by atoms with E-state index in [1.54, 1.807) is 0 Å². The van der Waals surface area contributed by atoms with Crippen LogP contribution in [0, 0.1) is 23.3 Å². The zero-order valence-electron chi connectivity index (χ0n) is 18.8. The second-order valence-corrected chi connectivity index (χ2v) is 10.0. The van der Waals surface area contributed by atoms with E-state index in [9.17, 15) is 13.2 Å². The quantitative estimate of drug-likeness (QED) is 0.290. The third-order valence-electron chi connectivity index (χ3n) is 6.47. The van der Waals surface area contributed by atoms with Crippen molar-refractivity contribution < 1.29 is 17.9 Å². The van der Waals surface area contributed by atoms with E-state index in [1.165, 1.54) is 0 Å². The van der Waals surface area contributed by atoms with Crippen LogP contribution >= 0.6 is 22.6 Å². The van der Waals surface area contributed by atoms with Crippen LogP contribution in [0.1, 0.15) is 54.0 Å². The summed E-state index contributed by atoms with van der Waals surface area (Å²) in [7, 11) is 0. The van der Waals surface area contributed by atoms with Gasteiger partial charge in [-0.1, -0.05) is 35.9 Å². The summed E-state index contributed by atoms with van der Waals surface area (Å²) in [6.07, 6.45) is -2.43. The molecule has 0 bridgehead atoms. The van der Waals surface area contributed by atoms with Gasteiger partial charge in [-0.25, -0.2) is 0 Å². The normalized spacial score (nSPS) is 18.8. The van der Waals surface area contributed by atoms with Crippen LogP contribution in [0.15, 0.2) is 54.6 Å². The van der Waals surface area contributed by atoms with Crippen LogP contribution in [0.3, 0.4) is 0 Å². The SMILES string of the molecule is Cc1ccc(OCc2ccc(C3CCC(C(F)(F)F)CC3)cc2)c(-c2ccc(I)c(C)n2)c1. The molecule has 0 spiro atoms. The van der Waals surface area contributed by atoms with Crippen molar-refractivity contribution in [3.63, 3.8) is 0 Å². The molecule has 2 aromatic carbocycles. The van der Waals surface area contributed by atoms with Gasteiger partial charge in [-0.05, 0) is 103 Å². The Morgan fingerprint density at radius 2 is 1.64 bits per heavy atom. The van der Waals surface area contributed by atoms with Crippen molar-refractivity contribution in [3.05, 3.63) is 80.6 Å². The summed E-state index contributed by atoms with van der Waals surface area (Å²) in [6.45, 7) is 4.47. The van der Waals surface area contributed by atoms with E-state index in [0.717, 1.165) is 43.0 Å². The van der Waals surface area contributed by atoms with Gasteiger partial charge in [0.25, 0.3) is 0 Å². The van der Waals surface area contributed by atoms with Crippen molar-refractivity contribution in [3.8, 4) is 17.0 Å². The molecule has 0 saturated heterocycles. The molecular weight excluding hydrogens is 538 g/mol. The Hall–Kier alpha value is -2.09. The average Bonchev–Trinajstić information content (AvgIpc) is 2.80. The number of benzene rings is 2. The molecule has 174 valence electrons. The molecule has 0 atom stereocenters. The summed E-state index contributed by atoms with van der Waals surface area (Å²) in [6, 6.07) is 18.3. The fraction of sp³-hybridized carbons (Fsp3) is 0.370. The van der Waals surface area contributed by atoms with E-state index in [4.69, 9.17) is 9.72 Å². The fourth-order valence-electron chi connectivity index (χ4n) is 4.47. The van der Waals surface area contributed by atoms with Crippen LogP contribution in [-0.4, -0.2) is 11.2 Å². The van der Waals surface area contributed by atoms with Crippen molar-refractivity contribution in [1.29, 1.82) is 0 Å². The minimum atomic E-state index is -4.06. The minimum absolute atomic E-state index is 0.206. The molecule has 1 saturated carbocycles. The Morgan fingerprint density at radius 3 is 2.27 bits per heavy atom. The lowest BCUT2D eigenvalue weighted by atomic mass is 9.78. The second-order valence-electron chi connectivity index (χ2n) is 8.88. The number of ether oxygens (including phenoxy) is 1. The van der Waals surface area contributed by atoms with Gasteiger partial charge < -0.3 is 4.74 Å². The highest BCUT2D eigenvalue weighted by Crippen LogP contribution is 2.43. The number of halogens is 4. The minimum Gasteiger partial charge on any atom is -0.488 e. The molecule has 3 aromatic rings. The van der Waals surface area contributed by atoms with Crippen molar-refractivity contribution in [1.82, 2.24) is 4.98 Å². The highest BCUT2D eigenvalue weighted by atomic mass is 127. The predicted octanol–water partition coefficient (Wildman–Crippen LogP) is 8.39. The van der Waals surface area contributed by atoms with E-state index in [2.05, 4.69) is 34.7 Å². The Balaban J connectivity index is 1.42. The maximum absolute atomic E-state index is 12.9. The molecule has 0 amide bonds. The summed E-state index contributed by atoms with van der Waals surface area (Å²) in [5.41, 5.74) is 6.12. The first-order valence-corrected chi connectivity index (χ1v) is 12.3. The standard InChI is InChI=1S/C27H27F3INO/c1-17-3-14-26(23(15-17)25-13-12-24(31)18(2)32-25)33-16-19-4-6-20(7-5-19)21-8-10-22(11-9-21)27(28,29)30/h3-7,12-15,21-22H,8-11,16H2,1-2H3. The summed E-state index contributed by atoms with van der Waals surface area (Å²) >= 11 is 2.28. The number of pyridine rings is 1. The first kappa shape index (κ1) is 24.0. The fourth-order valence-corrected chi connectivity index (χ4v) is 4.77. The van der Waals surface area contributed by atoms with Crippen LogP contribution in [0.2, 0.25) is 0 Å². The third kappa shape index (κ3) is 5.89. The lowest BCUT2D eigenvalue weighted by molar-refractivity contribution is -0.182. The van der Waals surface area contributed by atoms with E-state index >= 15 is 0 Å². The zero-order chi connectivity index (χ0) is 23.6. The lowest BCUT2D eigenvalue weighted by Gasteiger charge is -2.30. The Bertz CT molecular complexity index is 1100. The maximum atomic E-state index is 12.9. The third-order valence-corrected chi connectivity index (χ3v) is 7.61. The monoisotopic (exact) mass is 565 g/mol. The van der Waals surface area contributed by atoms with Crippen molar-refractivity contribution in [2.24, 2.45) is 5.92 Å². The van der Waals surface area contributed by atoms with Crippen LogP contribution < -0.4 is 4.74 Å². The van der Waals surface area contributed by atoms with E-state index in [-0.39, 0.29) is 18.8 Å². The number of nitrogens with zero attached hydrogens (tertiary/aromatic N) is 1. The summed E-state index contributed by atoms with van der Waals surface area (Å²) in [5.74, 6) is -0.155. The molecule has 0 unspecified atom stereocenters. The number of aromatic nitrogens is 1. The molecule has 2 nitrogen and oxygen atoms in total. The first-order valence-electron chi connectivity index (χ1n) is 11.2. The van der Waals surface area contributed by atoms with Gasteiger partial charge in [0.05, 0.1) is 17.3 Å². The largest absolute Gasteiger partial charge is 0.488 e. The number of hydrogen-bond acceptors (Lipinski definition) is 2. The lowest BCUT2D eigenvalue weighted by Crippen LogP contribution is -2.27. The number of aryl methyl sites for hydroxylation is 2. The smallest absolute Gasteiger partial charge is 0.391 e. The summed E-state index contributed by atoms with van der Waals surface area (Å²) < 4.78 is 46.1. The van der Waals surface area contributed by atoms with E-state index < -0.39 is 12.1 Å². The van der Waals surface area contributed by atoms with Gasteiger partial charge in [-0.3, -0.25) is 4.98 Å². The van der Waals surface area contributed by atoms with Crippen LogP contribution in [0.4, 0.5) is 13.2 Å². The molecular formula is C27H27F3INO. The van der Waals surface area contributed by atoms with Crippen molar-refractivity contribution in [2.45, 2.75) is 58.2 Å². The molecule has 0 N–H and O–H groups in total. The second kappa shape index (κ2) is 10.0. The van der Waals surface area contributed by atoms with Crippen LogP contribution in [0.5, 0.6) is 5.75 Å². The van der Waals surface area contributed by atoms with E-state index in [1.807, 2.05) is 56.3 Å². The Kier molecular flexibility index (Phi) is 7.31. The van der Waals surface area contributed by atoms with Gasteiger partial charge in [0.15, 0.2) is 0 Å². The van der Waals surface area contributed by atoms with Gasteiger partial charge in [-0.15, -0.1) is 0 Å². The summed E-state index contributed by atoms with van der Waals surface area (Å²) in [5, 5.41) is 0. The molecule has 1 fully saturated rings. The average molecular weight is 565 g/mol. The van der Waals surface area contributed by atoms with Gasteiger partial charge in [0.2, 0.25) is 0 Å². The molecule has 1 aliphatic carbocycles. The van der Waals surface area contributed by atoms with Gasteiger partial charge in [0.1, 0.15) is 12.4 Å². The van der Waals surface area contributed by atoms with Crippen molar-refractivity contribution in [2.75, 3.05) is 0 Å². The molecule has 1 aliphatic rings. The number of hydrogen-bond donors (Lipinski definition) is 0. The predicted molar refractivity (Wildman–Crippen MR) is 133 cm³/mol. The number of rotatable bonds is 5. The molecule has 33 heavy (non-hydrogen) atoms. The maximum Gasteiger partial charge on any atom is 0.391 e. The first-order chi connectivity index (χ1) is 15.7. The molecule has 0 aliphatic heterocycles. The Labute approximate surface area is 206 Å². The van der Waals surface area contributed by atoms with E-state index in [0.29, 0.717) is 19.4 Å². The van der Waals surface area contributed by atoms with Gasteiger partial charge >= 0.3 is 6.18 Å². The van der Waals surface area contributed by atoms with Crippen molar-refractivity contribution >= 4 is 22.6 Å². The van der Waals surface area contributed by atoms with Crippen LogP contribution in [-0.2, 0) is 6.61 Å². The Morgan fingerprint density at radius 1 is 0.939 bits per heavy atom. The highest BCUT2D eigenvalue weighted by Gasteiger charge is 2.41. The zero-order valence-corrected chi connectivity index (χ0v) is 20.9.